The Hall–Kier alpha value is -1.71. The zero-order valence-electron chi connectivity index (χ0n) is 10.2. The van der Waals surface area contributed by atoms with Crippen LogP contribution in [0, 0.1) is 11.3 Å². The molecule has 1 heterocycles. The van der Waals surface area contributed by atoms with E-state index >= 15 is 0 Å². The van der Waals surface area contributed by atoms with Crippen molar-refractivity contribution >= 4 is 5.82 Å². The van der Waals surface area contributed by atoms with E-state index in [2.05, 4.69) is 26.5 Å². The highest BCUT2D eigenvalue weighted by molar-refractivity contribution is 5.49. The van der Waals surface area contributed by atoms with E-state index in [4.69, 9.17) is 10.00 Å². The number of likely N-dealkylation sites (N-methyl/N-ethyl adjacent to an activating group) is 1. The lowest BCUT2D eigenvalue weighted by Crippen LogP contribution is -2.28. The van der Waals surface area contributed by atoms with E-state index < -0.39 is 0 Å². The van der Waals surface area contributed by atoms with Gasteiger partial charge in [0.05, 0.1) is 18.4 Å². The summed E-state index contributed by atoms with van der Waals surface area (Å²) in [4.78, 5) is 2.14. The number of hydrogen-bond acceptors (Lipinski definition) is 6. The van der Waals surface area contributed by atoms with Crippen LogP contribution in [0.3, 0.4) is 0 Å². The summed E-state index contributed by atoms with van der Waals surface area (Å²) in [5.74, 6) is 0.537. The Labute approximate surface area is 101 Å². The lowest BCUT2D eigenvalue weighted by atomic mass is 10.3. The summed E-state index contributed by atoms with van der Waals surface area (Å²) in [5, 5.41) is 19.6. The Bertz CT molecular complexity index is 376. The molecule has 0 saturated heterocycles. The van der Waals surface area contributed by atoms with Crippen molar-refractivity contribution in [3.63, 3.8) is 0 Å². The lowest BCUT2D eigenvalue weighted by Gasteiger charge is -2.16. The Morgan fingerprint density at radius 3 is 3.06 bits per heavy atom. The average molecular weight is 235 g/mol. The average Bonchev–Trinajstić information content (AvgIpc) is 2.37. The number of nitrogens with zero attached hydrogens (tertiary/aromatic N) is 4. The minimum atomic E-state index is 0.513. The fourth-order valence-electron chi connectivity index (χ4n) is 1.28. The number of hydrogen-bond donors (Lipinski definition) is 1. The van der Waals surface area contributed by atoms with Crippen LogP contribution < -0.4 is 5.32 Å². The largest absolute Gasteiger partial charge is 0.383 e. The first-order valence-corrected chi connectivity index (χ1v) is 5.41. The molecule has 0 aliphatic heterocycles. The first kappa shape index (κ1) is 13.4. The third-order valence-corrected chi connectivity index (χ3v) is 2.30. The molecule has 17 heavy (non-hydrogen) atoms. The van der Waals surface area contributed by atoms with Crippen LogP contribution in [0.4, 0.5) is 5.82 Å². The van der Waals surface area contributed by atoms with E-state index in [0.717, 1.165) is 13.1 Å². The van der Waals surface area contributed by atoms with Gasteiger partial charge in [-0.05, 0) is 13.1 Å². The molecule has 0 amide bonds. The van der Waals surface area contributed by atoms with Crippen molar-refractivity contribution in [2.24, 2.45) is 0 Å². The van der Waals surface area contributed by atoms with E-state index in [9.17, 15) is 0 Å². The van der Waals surface area contributed by atoms with E-state index in [1.165, 1.54) is 6.20 Å². The lowest BCUT2D eigenvalue weighted by molar-refractivity contribution is 0.163. The molecule has 0 unspecified atom stereocenters. The minimum absolute atomic E-state index is 0.513. The molecule has 0 fully saturated rings. The molecule has 0 radical (unpaired) electrons. The molecule has 0 bridgehead atoms. The van der Waals surface area contributed by atoms with Gasteiger partial charge in [-0.25, -0.2) is 0 Å². The zero-order chi connectivity index (χ0) is 12.5. The van der Waals surface area contributed by atoms with Gasteiger partial charge in [0.25, 0.3) is 0 Å². The van der Waals surface area contributed by atoms with E-state index in [1.54, 1.807) is 13.2 Å². The number of methoxy groups -OCH3 is 1. The van der Waals surface area contributed by atoms with Crippen molar-refractivity contribution in [2.45, 2.75) is 0 Å². The summed E-state index contributed by atoms with van der Waals surface area (Å²) in [6.07, 6.45) is 1.51. The summed E-state index contributed by atoms with van der Waals surface area (Å²) >= 11 is 0. The van der Waals surface area contributed by atoms with Gasteiger partial charge in [0, 0.05) is 26.7 Å². The first-order valence-electron chi connectivity index (χ1n) is 5.41. The summed E-state index contributed by atoms with van der Waals surface area (Å²) in [7, 11) is 3.70. The molecule has 6 nitrogen and oxygen atoms in total. The van der Waals surface area contributed by atoms with Crippen LogP contribution >= 0.6 is 0 Å². The van der Waals surface area contributed by atoms with E-state index in [0.29, 0.717) is 24.5 Å². The summed E-state index contributed by atoms with van der Waals surface area (Å²) in [5.41, 5.74) is 0.513. The molecule has 6 heteroatoms. The molecular weight excluding hydrogens is 218 g/mol. The normalized spacial score (nSPS) is 10.2. The Kier molecular flexibility index (Phi) is 5.93. The van der Waals surface area contributed by atoms with Crippen LogP contribution in [0.25, 0.3) is 0 Å². The first-order chi connectivity index (χ1) is 8.27. The summed E-state index contributed by atoms with van der Waals surface area (Å²) in [6, 6.07) is 3.71. The number of nitrogens with one attached hydrogen (secondary N) is 1. The quantitative estimate of drug-likeness (QED) is 0.734. The monoisotopic (exact) mass is 235 g/mol. The fourth-order valence-corrected chi connectivity index (χ4v) is 1.28. The molecule has 92 valence electrons. The van der Waals surface area contributed by atoms with Crippen molar-refractivity contribution in [3.8, 4) is 6.07 Å². The van der Waals surface area contributed by atoms with Crippen molar-refractivity contribution in [3.05, 3.63) is 17.8 Å². The second-order valence-corrected chi connectivity index (χ2v) is 3.63. The van der Waals surface area contributed by atoms with Crippen LogP contribution in [-0.4, -0.2) is 55.5 Å². The third kappa shape index (κ3) is 4.76. The molecule has 1 rings (SSSR count). The predicted molar refractivity (Wildman–Crippen MR) is 64.6 cm³/mol. The fraction of sp³-hybridized carbons (Fsp3) is 0.545. The molecule has 0 aromatic carbocycles. The maximum atomic E-state index is 8.86. The smallest absolute Gasteiger partial charge is 0.166 e. The van der Waals surface area contributed by atoms with Gasteiger partial charge in [-0.3, -0.25) is 0 Å². The van der Waals surface area contributed by atoms with Gasteiger partial charge < -0.3 is 15.0 Å². The van der Waals surface area contributed by atoms with Gasteiger partial charge in [0.15, 0.2) is 5.82 Å². The highest BCUT2D eigenvalue weighted by atomic mass is 16.5. The van der Waals surface area contributed by atoms with Crippen LogP contribution in [0.15, 0.2) is 12.3 Å². The Morgan fingerprint density at radius 1 is 1.53 bits per heavy atom. The van der Waals surface area contributed by atoms with Gasteiger partial charge in [0.2, 0.25) is 0 Å². The highest BCUT2D eigenvalue weighted by Gasteiger charge is 2.03. The molecular formula is C11H17N5O. The van der Waals surface area contributed by atoms with Crippen molar-refractivity contribution < 1.29 is 4.74 Å². The standard InChI is InChI=1S/C11H17N5O/c1-16(7-8-17-2)6-5-13-11-10(9-12)3-4-14-15-11/h3-4H,5-8H2,1-2H3,(H,13,15). The van der Waals surface area contributed by atoms with Crippen molar-refractivity contribution in [2.75, 3.05) is 45.7 Å². The van der Waals surface area contributed by atoms with Gasteiger partial charge in [-0.1, -0.05) is 0 Å². The van der Waals surface area contributed by atoms with Gasteiger partial charge >= 0.3 is 0 Å². The van der Waals surface area contributed by atoms with Crippen molar-refractivity contribution in [1.82, 2.24) is 15.1 Å². The summed E-state index contributed by atoms with van der Waals surface area (Å²) in [6.45, 7) is 3.16. The number of aromatic nitrogens is 2. The molecule has 1 N–H and O–H groups in total. The van der Waals surface area contributed by atoms with Gasteiger partial charge in [-0.15, -0.1) is 5.10 Å². The van der Waals surface area contributed by atoms with Crippen LogP contribution in [0.2, 0.25) is 0 Å². The molecule has 0 saturated carbocycles. The van der Waals surface area contributed by atoms with Crippen molar-refractivity contribution in [1.29, 1.82) is 5.26 Å². The van der Waals surface area contributed by atoms with E-state index in [1.807, 2.05) is 7.05 Å². The highest BCUT2D eigenvalue weighted by Crippen LogP contribution is 2.07. The SMILES string of the molecule is COCCN(C)CCNc1nnccc1C#N. The van der Waals surface area contributed by atoms with Gasteiger partial charge in [-0.2, -0.15) is 10.4 Å². The second-order valence-electron chi connectivity index (χ2n) is 3.63. The Balaban J connectivity index is 2.33. The van der Waals surface area contributed by atoms with Crippen LogP contribution in [-0.2, 0) is 4.74 Å². The molecule has 1 aromatic heterocycles. The number of rotatable bonds is 7. The van der Waals surface area contributed by atoms with Crippen LogP contribution in [0.5, 0.6) is 0 Å². The number of nitriles is 1. The van der Waals surface area contributed by atoms with Crippen LogP contribution in [0.1, 0.15) is 5.56 Å². The van der Waals surface area contributed by atoms with Gasteiger partial charge in [0.1, 0.15) is 6.07 Å². The predicted octanol–water partition coefficient (Wildman–Crippen LogP) is 0.338. The molecule has 0 spiro atoms. The minimum Gasteiger partial charge on any atom is -0.383 e. The maximum Gasteiger partial charge on any atom is 0.166 e. The zero-order valence-corrected chi connectivity index (χ0v) is 10.2. The summed E-state index contributed by atoms with van der Waals surface area (Å²) < 4.78 is 4.99. The second kappa shape index (κ2) is 7.54. The molecule has 0 aliphatic carbocycles. The molecule has 0 aliphatic rings. The topological polar surface area (TPSA) is 74.1 Å². The molecule has 0 atom stereocenters. The number of ether oxygens (including phenoxy) is 1. The number of anilines is 1. The molecule has 1 aromatic rings. The third-order valence-electron chi connectivity index (χ3n) is 2.30. The maximum absolute atomic E-state index is 8.86. The Morgan fingerprint density at radius 2 is 2.35 bits per heavy atom. The van der Waals surface area contributed by atoms with E-state index in [-0.39, 0.29) is 0 Å².